The van der Waals surface area contributed by atoms with Gasteiger partial charge >= 0.3 is 0 Å². The lowest BCUT2D eigenvalue weighted by Gasteiger charge is -2.29. The van der Waals surface area contributed by atoms with Crippen molar-refractivity contribution in [1.29, 1.82) is 0 Å². The van der Waals surface area contributed by atoms with Crippen LogP contribution in [0.25, 0.3) is 94.3 Å². The van der Waals surface area contributed by atoms with E-state index >= 15 is 0 Å². The van der Waals surface area contributed by atoms with Crippen LogP contribution in [0.1, 0.15) is 39.3 Å². The van der Waals surface area contributed by atoms with Crippen molar-refractivity contribution in [3.05, 3.63) is 294 Å². The number of aromatic nitrogens is 1. The first-order chi connectivity index (χ1) is 35.0. The molecule has 0 radical (unpaired) electrons. The molecular formula is C70H53N. The minimum Gasteiger partial charge on any atom is -0.309 e. The van der Waals surface area contributed by atoms with Crippen LogP contribution in [-0.4, -0.2) is 4.57 Å². The zero-order valence-electron chi connectivity index (χ0n) is 40.4. The van der Waals surface area contributed by atoms with Crippen molar-refractivity contribution in [3.63, 3.8) is 0 Å². The fourth-order valence-electron chi connectivity index (χ4n) is 11.2. The second kappa shape index (κ2) is 18.6. The molecule has 0 N–H and O–H groups in total. The van der Waals surface area contributed by atoms with E-state index in [1.165, 1.54) is 122 Å². The fraction of sp³-hybridized carbons (Fsp3) is 0.0571. The second-order valence-corrected chi connectivity index (χ2v) is 18.9. The SMILES string of the molecule is Cc1ccccc1-c1ccccc1C(c1ccccc1-c1ccccc1C)c1cccc(-c2ccc(-n3c4ccc(-c5ccccc5)cc4c4cc(-c5ccccc5)ccc43)cc2)c1-c1ccccc1C. The predicted molar refractivity (Wildman–Crippen MR) is 301 cm³/mol. The van der Waals surface area contributed by atoms with Gasteiger partial charge in [0.1, 0.15) is 0 Å². The number of hydrogen-bond acceptors (Lipinski definition) is 0. The van der Waals surface area contributed by atoms with Gasteiger partial charge < -0.3 is 4.57 Å². The minimum atomic E-state index is -0.116. The van der Waals surface area contributed by atoms with Crippen molar-refractivity contribution in [1.82, 2.24) is 4.57 Å². The molecule has 0 unspecified atom stereocenters. The zero-order chi connectivity index (χ0) is 47.8. The molecule has 1 nitrogen and oxygen atoms in total. The molecule has 0 fully saturated rings. The van der Waals surface area contributed by atoms with Crippen LogP contribution in [0.4, 0.5) is 0 Å². The Morgan fingerprint density at radius 2 is 0.648 bits per heavy atom. The monoisotopic (exact) mass is 907 g/mol. The lowest BCUT2D eigenvalue weighted by molar-refractivity contribution is 0.983. The summed E-state index contributed by atoms with van der Waals surface area (Å²) >= 11 is 0. The van der Waals surface area contributed by atoms with Crippen molar-refractivity contribution in [3.8, 4) is 72.4 Å². The number of aryl methyl sites for hydroxylation is 3. The van der Waals surface area contributed by atoms with Gasteiger partial charge in [-0.3, -0.25) is 0 Å². The van der Waals surface area contributed by atoms with Gasteiger partial charge in [0.2, 0.25) is 0 Å². The molecule has 0 saturated heterocycles. The van der Waals surface area contributed by atoms with E-state index in [-0.39, 0.29) is 5.92 Å². The van der Waals surface area contributed by atoms with Gasteiger partial charge in [0.15, 0.2) is 0 Å². The van der Waals surface area contributed by atoms with Gasteiger partial charge in [-0.15, -0.1) is 0 Å². The van der Waals surface area contributed by atoms with Crippen molar-refractivity contribution in [2.24, 2.45) is 0 Å². The molecule has 0 amide bonds. The summed E-state index contributed by atoms with van der Waals surface area (Å²) < 4.78 is 2.44. The Morgan fingerprint density at radius 1 is 0.268 bits per heavy atom. The highest BCUT2D eigenvalue weighted by molar-refractivity contribution is 6.11. The smallest absolute Gasteiger partial charge is 0.0541 e. The average molecular weight is 908 g/mol. The highest BCUT2D eigenvalue weighted by Gasteiger charge is 2.29. The van der Waals surface area contributed by atoms with E-state index in [4.69, 9.17) is 0 Å². The maximum absolute atomic E-state index is 2.44. The summed E-state index contributed by atoms with van der Waals surface area (Å²) in [6.45, 7) is 6.72. The van der Waals surface area contributed by atoms with Gasteiger partial charge in [0.05, 0.1) is 11.0 Å². The number of benzene rings is 11. The van der Waals surface area contributed by atoms with Gasteiger partial charge in [-0.25, -0.2) is 0 Å². The van der Waals surface area contributed by atoms with Crippen LogP contribution in [0.15, 0.2) is 261 Å². The van der Waals surface area contributed by atoms with Crippen LogP contribution in [-0.2, 0) is 0 Å². The number of hydrogen-bond donors (Lipinski definition) is 0. The molecule has 0 spiro atoms. The zero-order valence-corrected chi connectivity index (χ0v) is 40.4. The molecule has 0 saturated carbocycles. The second-order valence-electron chi connectivity index (χ2n) is 18.9. The van der Waals surface area contributed by atoms with Gasteiger partial charge in [-0.05, 0) is 157 Å². The lowest BCUT2D eigenvalue weighted by atomic mass is 9.74. The van der Waals surface area contributed by atoms with E-state index in [1.807, 2.05) is 0 Å². The van der Waals surface area contributed by atoms with Crippen molar-refractivity contribution >= 4 is 21.8 Å². The van der Waals surface area contributed by atoms with Gasteiger partial charge in [-0.1, -0.05) is 224 Å². The summed E-state index contributed by atoms with van der Waals surface area (Å²) in [6, 6.07) is 96.4. The predicted octanol–water partition coefficient (Wildman–Crippen LogP) is 18.9. The molecule has 0 aliphatic rings. The third-order valence-electron chi connectivity index (χ3n) is 14.7. The van der Waals surface area contributed by atoms with E-state index < -0.39 is 0 Å². The van der Waals surface area contributed by atoms with Crippen LogP contribution in [0.2, 0.25) is 0 Å². The Bertz CT molecular complexity index is 3710. The van der Waals surface area contributed by atoms with Gasteiger partial charge in [0, 0.05) is 22.4 Å². The summed E-state index contributed by atoms with van der Waals surface area (Å²) in [5.74, 6) is -0.116. The van der Waals surface area contributed by atoms with Crippen LogP contribution >= 0.6 is 0 Å². The summed E-state index contributed by atoms with van der Waals surface area (Å²) in [6.07, 6.45) is 0. The van der Waals surface area contributed by atoms with Crippen molar-refractivity contribution < 1.29 is 0 Å². The van der Waals surface area contributed by atoms with E-state index in [9.17, 15) is 0 Å². The van der Waals surface area contributed by atoms with Gasteiger partial charge in [-0.2, -0.15) is 0 Å². The standard InChI is InChI=1S/C70H53N/c1-47-21-10-13-28-56(47)60-31-16-18-33-62(60)70(63-34-19-17-32-61(63)57-29-14-11-22-48(57)2)64-36-20-35-59(69(64)58-30-15-12-23-49(58)3)52-37-41-55(42-38-52)71-67-43-39-53(50-24-6-4-7-25-50)45-65(67)66-46-54(40-44-68(66)71)51-26-8-5-9-27-51/h4-46,70H,1-3H3. The van der Waals surface area contributed by atoms with E-state index in [1.54, 1.807) is 0 Å². The molecule has 0 aliphatic heterocycles. The van der Waals surface area contributed by atoms with Crippen LogP contribution in [0.5, 0.6) is 0 Å². The third-order valence-corrected chi connectivity index (χ3v) is 14.7. The normalized spacial score (nSPS) is 11.4. The molecule has 1 aromatic heterocycles. The molecule has 1 heterocycles. The largest absolute Gasteiger partial charge is 0.309 e. The van der Waals surface area contributed by atoms with Crippen LogP contribution in [0.3, 0.4) is 0 Å². The molecule has 12 rings (SSSR count). The van der Waals surface area contributed by atoms with E-state index in [0.29, 0.717) is 0 Å². The molecule has 71 heavy (non-hydrogen) atoms. The first-order valence-corrected chi connectivity index (χ1v) is 24.8. The molecule has 12 aromatic rings. The van der Waals surface area contributed by atoms with Crippen LogP contribution < -0.4 is 0 Å². The number of rotatable bonds is 10. The molecule has 0 bridgehead atoms. The maximum atomic E-state index is 2.44. The highest BCUT2D eigenvalue weighted by atomic mass is 15.0. The summed E-state index contributed by atoms with van der Waals surface area (Å²) in [7, 11) is 0. The number of fused-ring (bicyclic) bond motifs is 3. The molecule has 0 aliphatic carbocycles. The highest BCUT2D eigenvalue weighted by Crippen LogP contribution is 2.49. The average Bonchev–Trinajstić information content (AvgIpc) is 3.75. The van der Waals surface area contributed by atoms with Crippen molar-refractivity contribution in [2.45, 2.75) is 26.7 Å². The topological polar surface area (TPSA) is 4.93 Å². The molecule has 0 atom stereocenters. The minimum absolute atomic E-state index is 0.116. The summed E-state index contributed by atoms with van der Waals surface area (Å²) in [5, 5.41) is 2.47. The Kier molecular flexibility index (Phi) is 11.4. The number of nitrogens with zero attached hydrogens (tertiary/aromatic N) is 1. The lowest BCUT2D eigenvalue weighted by Crippen LogP contribution is -2.10. The summed E-state index contributed by atoms with van der Waals surface area (Å²) in [4.78, 5) is 0. The fourth-order valence-corrected chi connectivity index (χ4v) is 11.2. The molecule has 11 aromatic carbocycles. The molecule has 1 heteroatoms. The van der Waals surface area contributed by atoms with Crippen molar-refractivity contribution in [2.75, 3.05) is 0 Å². The summed E-state index contributed by atoms with van der Waals surface area (Å²) in [5.41, 5.74) is 25.8. The Labute approximate surface area is 417 Å². The van der Waals surface area contributed by atoms with E-state index in [0.717, 1.165) is 5.69 Å². The third kappa shape index (κ3) is 7.96. The quantitative estimate of drug-likeness (QED) is 0.121. The van der Waals surface area contributed by atoms with Gasteiger partial charge in [0.25, 0.3) is 0 Å². The first kappa shape index (κ1) is 43.5. The van der Waals surface area contributed by atoms with Crippen LogP contribution in [0, 0.1) is 20.8 Å². The Hall–Kier alpha value is -8.78. The molecular weight excluding hydrogens is 855 g/mol. The van der Waals surface area contributed by atoms with E-state index in [2.05, 4.69) is 286 Å². The maximum Gasteiger partial charge on any atom is 0.0541 e. The first-order valence-electron chi connectivity index (χ1n) is 24.8. The molecule has 338 valence electrons. The Balaban J connectivity index is 1.07. The Morgan fingerprint density at radius 3 is 1.13 bits per heavy atom.